The van der Waals surface area contributed by atoms with E-state index in [4.69, 9.17) is 4.42 Å². The third-order valence-corrected chi connectivity index (χ3v) is 5.36. The van der Waals surface area contributed by atoms with E-state index in [1.807, 2.05) is 6.07 Å². The molecule has 2 aromatic heterocycles. The van der Waals surface area contributed by atoms with Gasteiger partial charge < -0.3 is 4.42 Å². The maximum atomic E-state index is 6.41. The smallest absolute Gasteiger partial charge is 0.216 e. The lowest BCUT2D eigenvalue weighted by Gasteiger charge is -2.10. The highest BCUT2D eigenvalue weighted by Crippen LogP contribution is 2.42. The van der Waals surface area contributed by atoms with Crippen molar-refractivity contribution in [2.75, 3.05) is 0 Å². The number of benzene rings is 3. The Morgan fingerprint density at radius 2 is 1.50 bits per heavy atom. The topological polar surface area (TPSA) is 17.0 Å². The Hall–Kier alpha value is -3.13. The summed E-state index contributed by atoms with van der Waals surface area (Å²) in [4.78, 5) is 0. The Morgan fingerprint density at radius 3 is 2.31 bits per heavy atom. The van der Waals surface area contributed by atoms with Crippen molar-refractivity contribution in [3.05, 3.63) is 78.0 Å². The molecular formula is C24H20NO+. The lowest BCUT2D eigenvalue weighted by atomic mass is 9.93. The number of aromatic nitrogens is 1. The van der Waals surface area contributed by atoms with E-state index < -0.39 is 0 Å². The summed E-state index contributed by atoms with van der Waals surface area (Å²) in [7, 11) is 2.10. The van der Waals surface area contributed by atoms with E-state index in [-0.39, 0.29) is 0 Å². The van der Waals surface area contributed by atoms with E-state index in [0.717, 1.165) is 11.2 Å². The van der Waals surface area contributed by atoms with Gasteiger partial charge in [0.05, 0.1) is 5.56 Å². The lowest BCUT2D eigenvalue weighted by molar-refractivity contribution is -0.660. The Kier molecular flexibility index (Phi) is 3.17. The molecule has 0 unspecified atom stereocenters. The van der Waals surface area contributed by atoms with Gasteiger partial charge in [-0.25, -0.2) is 4.57 Å². The number of fused-ring (bicyclic) bond motifs is 5. The minimum atomic E-state index is 0.940. The average Bonchev–Trinajstić information content (AvgIpc) is 3.04. The number of aryl methyl sites for hydroxylation is 3. The molecule has 0 spiro atoms. The molecule has 5 rings (SSSR count). The molecule has 0 amide bonds. The van der Waals surface area contributed by atoms with E-state index in [2.05, 4.69) is 86.3 Å². The first-order valence-corrected chi connectivity index (χ1v) is 8.94. The monoisotopic (exact) mass is 338 g/mol. The molecule has 5 aromatic rings. The first-order valence-electron chi connectivity index (χ1n) is 8.94. The predicted molar refractivity (Wildman–Crippen MR) is 107 cm³/mol. The summed E-state index contributed by atoms with van der Waals surface area (Å²) in [5.41, 5.74) is 6.78. The van der Waals surface area contributed by atoms with Gasteiger partial charge in [-0.15, -0.1) is 0 Å². The highest BCUT2D eigenvalue weighted by molar-refractivity contribution is 6.23. The summed E-state index contributed by atoms with van der Waals surface area (Å²) in [6.07, 6.45) is 2.12. The first kappa shape index (κ1) is 15.2. The summed E-state index contributed by atoms with van der Waals surface area (Å²) >= 11 is 0. The molecule has 0 radical (unpaired) electrons. The summed E-state index contributed by atoms with van der Waals surface area (Å²) in [5, 5.41) is 4.92. The van der Waals surface area contributed by atoms with E-state index in [9.17, 15) is 0 Å². The van der Waals surface area contributed by atoms with Crippen LogP contribution in [0.2, 0.25) is 0 Å². The quantitative estimate of drug-likeness (QED) is 0.351. The predicted octanol–water partition coefficient (Wildman–Crippen LogP) is 5.85. The van der Waals surface area contributed by atoms with Crippen LogP contribution in [0.4, 0.5) is 0 Å². The van der Waals surface area contributed by atoms with Crippen molar-refractivity contribution in [3.8, 4) is 11.3 Å². The van der Waals surface area contributed by atoms with Crippen LogP contribution in [0, 0.1) is 13.8 Å². The van der Waals surface area contributed by atoms with Gasteiger partial charge in [-0.1, -0.05) is 42.5 Å². The van der Waals surface area contributed by atoms with Crippen LogP contribution in [0.3, 0.4) is 0 Å². The van der Waals surface area contributed by atoms with Crippen LogP contribution in [-0.4, -0.2) is 0 Å². The number of hydrogen-bond donors (Lipinski definition) is 0. The normalized spacial score (nSPS) is 11.7. The lowest BCUT2D eigenvalue weighted by Crippen LogP contribution is -2.30. The molecule has 0 atom stereocenters. The van der Waals surface area contributed by atoms with Gasteiger partial charge in [0.15, 0.2) is 6.20 Å². The van der Waals surface area contributed by atoms with Crippen molar-refractivity contribution in [2.24, 2.45) is 7.05 Å². The maximum absolute atomic E-state index is 6.41. The second kappa shape index (κ2) is 5.43. The summed E-state index contributed by atoms with van der Waals surface area (Å²) in [6.45, 7) is 4.34. The molecular weight excluding hydrogens is 318 g/mol. The fourth-order valence-corrected chi connectivity index (χ4v) is 4.05. The van der Waals surface area contributed by atoms with Crippen LogP contribution in [0.5, 0.6) is 0 Å². The largest absolute Gasteiger partial charge is 0.455 e. The van der Waals surface area contributed by atoms with Gasteiger partial charge in [0.1, 0.15) is 18.2 Å². The van der Waals surface area contributed by atoms with Gasteiger partial charge in [0.25, 0.3) is 0 Å². The van der Waals surface area contributed by atoms with Crippen LogP contribution >= 0.6 is 0 Å². The van der Waals surface area contributed by atoms with Crippen LogP contribution in [0.25, 0.3) is 44.0 Å². The molecule has 26 heavy (non-hydrogen) atoms. The van der Waals surface area contributed by atoms with Crippen molar-refractivity contribution in [3.63, 3.8) is 0 Å². The highest BCUT2D eigenvalue weighted by atomic mass is 16.3. The first-order chi connectivity index (χ1) is 12.6. The Balaban J connectivity index is 2.09. The molecule has 0 bridgehead atoms. The molecule has 0 saturated heterocycles. The van der Waals surface area contributed by atoms with Gasteiger partial charge in [0.2, 0.25) is 5.69 Å². The Bertz CT molecular complexity index is 1310. The molecule has 3 aromatic carbocycles. The number of pyridine rings is 1. The van der Waals surface area contributed by atoms with E-state index >= 15 is 0 Å². The Morgan fingerprint density at radius 1 is 0.808 bits per heavy atom. The molecule has 0 aliphatic heterocycles. The standard InChI is InChI=1S/C24H20NO/c1-15-12-13-25(3)20(14-15)22-16(2)17-8-4-5-9-18(17)23-19-10-6-7-11-21(19)26-24(22)23/h4-14H,1-3H3/q+1. The molecule has 2 heteroatoms. The van der Waals surface area contributed by atoms with Crippen molar-refractivity contribution < 1.29 is 8.98 Å². The number of furan rings is 1. The summed E-state index contributed by atoms with van der Waals surface area (Å²) in [5.74, 6) is 0. The minimum absolute atomic E-state index is 0.940. The second-order valence-corrected chi connectivity index (χ2v) is 7.05. The molecule has 0 aliphatic rings. The van der Waals surface area contributed by atoms with Gasteiger partial charge in [-0.05, 0) is 41.8 Å². The van der Waals surface area contributed by atoms with Crippen molar-refractivity contribution in [1.82, 2.24) is 0 Å². The zero-order valence-electron chi connectivity index (χ0n) is 15.2. The van der Waals surface area contributed by atoms with E-state index in [0.29, 0.717) is 0 Å². The molecule has 0 N–H and O–H groups in total. The number of rotatable bonds is 1. The molecule has 0 aliphatic carbocycles. The number of hydrogen-bond acceptors (Lipinski definition) is 1. The van der Waals surface area contributed by atoms with E-state index in [1.54, 1.807) is 0 Å². The Labute approximate surface area is 152 Å². The number of nitrogens with zero attached hydrogens (tertiary/aromatic N) is 1. The third kappa shape index (κ3) is 2.02. The van der Waals surface area contributed by atoms with Gasteiger partial charge in [-0.2, -0.15) is 0 Å². The second-order valence-electron chi connectivity index (χ2n) is 7.05. The van der Waals surface area contributed by atoms with Crippen LogP contribution < -0.4 is 4.57 Å². The summed E-state index contributed by atoms with van der Waals surface area (Å²) < 4.78 is 8.59. The molecule has 2 heterocycles. The molecule has 126 valence electrons. The van der Waals surface area contributed by atoms with Crippen molar-refractivity contribution in [1.29, 1.82) is 0 Å². The molecule has 0 fully saturated rings. The van der Waals surface area contributed by atoms with Crippen molar-refractivity contribution in [2.45, 2.75) is 13.8 Å². The fourth-order valence-electron chi connectivity index (χ4n) is 4.05. The van der Waals surface area contributed by atoms with Gasteiger partial charge >= 0.3 is 0 Å². The molecule has 0 saturated carbocycles. The molecule has 2 nitrogen and oxygen atoms in total. The van der Waals surface area contributed by atoms with Crippen LogP contribution in [0.15, 0.2) is 71.3 Å². The van der Waals surface area contributed by atoms with Gasteiger partial charge in [-0.3, -0.25) is 0 Å². The zero-order valence-corrected chi connectivity index (χ0v) is 15.2. The summed E-state index contributed by atoms with van der Waals surface area (Å²) in [6, 6.07) is 21.3. The number of para-hydroxylation sites is 1. The van der Waals surface area contributed by atoms with E-state index in [1.165, 1.54) is 43.9 Å². The zero-order chi connectivity index (χ0) is 17.8. The average molecular weight is 338 g/mol. The minimum Gasteiger partial charge on any atom is -0.455 e. The SMILES string of the molecule is Cc1cc[n+](C)c(-c2c(C)c3ccccc3c3c2oc2ccccc23)c1. The highest BCUT2D eigenvalue weighted by Gasteiger charge is 2.23. The van der Waals surface area contributed by atoms with Crippen LogP contribution in [-0.2, 0) is 7.05 Å². The fraction of sp³-hybridized carbons (Fsp3) is 0.125. The van der Waals surface area contributed by atoms with Gasteiger partial charge in [0, 0.05) is 22.9 Å². The third-order valence-electron chi connectivity index (χ3n) is 5.36. The van der Waals surface area contributed by atoms with Crippen molar-refractivity contribution >= 4 is 32.7 Å². The maximum Gasteiger partial charge on any atom is 0.216 e. The van der Waals surface area contributed by atoms with Crippen LogP contribution in [0.1, 0.15) is 11.1 Å².